The Morgan fingerprint density at radius 1 is 0.556 bits per heavy atom. The molecule has 0 aliphatic rings. The number of allylic oxidation sites excluding steroid dienone is 4. The number of carbonyl (C=O) groups is 2. The van der Waals surface area contributed by atoms with Crippen LogP contribution in [0.15, 0.2) is 24.3 Å². The van der Waals surface area contributed by atoms with Crippen molar-refractivity contribution in [3.8, 4) is 0 Å². The molecule has 9 nitrogen and oxygen atoms in total. The van der Waals surface area contributed by atoms with Gasteiger partial charge in [-0.15, -0.1) is 0 Å². The van der Waals surface area contributed by atoms with Crippen molar-refractivity contribution in [2.45, 2.75) is 200 Å². The number of ether oxygens (including phenoxy) is 2. The Morgan fingerprint density at radius 3 is 1.44 bits per heavy atom. The highest BCUT2D eigenvalue weighted by molar-refractivity contribution is 7.47. The van der Waals surface area contributed by atoms with Crippen LogP contribution in [-0.2, 0) is 32.7 Å². The van der Waals surface area contributed by atoms with Crippen LogP contribution < -0.4 is 0 Å². The summed E-state index contributed by atoms with van der Waals surface area (Å²) >= 11 is 0. The summed E-state index contributed by atoms with van der Waals surface area (Å²) in [6, 6.07) is 0. The number of phosphoric acid groups is 1. The lowest BCUT2D eigenvalue weighted by Gasteiger charge is -2.24. The number of unbranched alkanes of at least 4 members (excludes halogenated alkanes) is 22. The monoisotopic (exact) mass is 787 g/mol. The molecule has 10 heteroatoms. The lowest BCUT2D eigenvalue weighted by molar-refractivity contribution is -0.870. The third-order valence-corrected chi connectivity index (χ3v) is 10.5. The van der Waals surface area contributed by atoms with E-state index in [0.717, 1.165) is 38.5 Å². The van der Waals surface area contributed by atoms with Crippen LogP contribution in [0.2, 0.25) is 0 Å². The van der Waals surface area contributed by atoms with Crippen molar-refractivity contribution in [1.29, 1.82) is 0 Å². The molecule has 0 heterocycles. The van der Waals surface area contributed by atoms with Crippen LogP contribution in [0.25, 0.3) is 0 Å². The van der Waals surface area contributed by atoms with Crippen molar-refractivity contribution in [1.82, 2.24) is 0 Å². The summed E-state index contributed by atoms with van der Waals surface area (Å²) in [7, 11) is 1.46. The minimum atomic E-state index is -4.38. The topological polar surface area (TPSA) is 108 Å². The molecule has 0 amide bonds. The minimum Gasteiger partial charge on any atom is -0.462 e. The highest BCUT2D eigenvalue weighted by atomic mass is 31.2. The Hall–Kier alpha value is -1.51. The molecule has 0 saturated heterocycles. The second kappa shape index (κ2) is 37.1. The van der Waals surface area contributed by atoms with Crippen LogP contribution in [0.3, 0.4) is 0 Å². The van der Waals surface area contributed by atoms with E-state index in [4.69, 9.17) is 18.5 Å². The maximum Gasteiger partial charge on any atom is 0.472 e. The summed E-state index contributed by atoms with van der Waals surface area (Å²) < 4.78 is 34.2. The summed E-state index contributed by atoms with van der Waals surface area (Å²) in [5.74, 6) is -0.869. The number of quaternary nitrogens is 1. The molecule has 54 heavy (non-hydrogen) atoms. The van der Waals surface area contributed by atoms with Crippen LogP contribution in [0.4, 0.5) is 0 Å². The van der Waals surface area contributed by atoms with E-state index in [1.165, 1.54) is 116 Å². The number of hydrogen-bond donors (Lipinski definition) is 1. The Morgan fingerprint density at radius 2 is 0.981 bits per heavy atom. The molecule has 0 rings (SSSR count). The van der Waals surface area contributed by atoms with Gasteiger partial charge in [-0.25, -0.2) is 4.57 Å². The predicted octanol–water partition coefficient (Wildman–Crippen LogP) is 12.4. The fraction of sp³-hybridized carbons (Fsp3) is 0.864. The molecule has 0 aliphatic carbocycles. The van der Waals surface area contributed by atoms with Gasteiger partial charge in [0.15, 0.2) is 6.10 Å². The van der Waals surface area contributed by atoms with E-state index in [1.807, 2.05) is 27.2 Å². The first kappa shape index (κ1) is 52.5. The van der Waals surface area contributed by atoms with Crippen molar-refractivity contribution in [2.24, 2.45) is 0 Å². The first-order valence-corrected chi connectivity index (χ1v) is 23.6. The van der Waals surface area contributed by atoms with E-state index in [-0.39, 0.29) is 26.1 Å². The van der Waals surface area contributed by atoms with Gasteiger partial charge in [-0.05, 0) is 51.4 Å². The Labute approximate surface area is 332 Å². The summed E-state index contributed by atoms with van der Waals surface area (Å²) in [5, 5.41) is 0. The molecular formula is C44H85NO8P+. The molecule has 0 aromatic heterocycles. The van der Waals surface area contributed by atoms with Crippen LogP contribution in [0, 0.1) is 0 Å². The summed E-state index contributed by atoms with van der Waals surface area (Å²) in [4.78, 5) is 35.3. The van der Waals surface area contributed by atoms with Gasteiger partial charge in [0.25, 0.3) is 0 Å². The van der Waals surface area contributed by atoms with Crippen molar-refractivity contribution in [2.75, 3.05) is 47.5 Å². The molecule has 0 bridgehead atoms. The number of hydrogen-bond acceptors (Lipinski definition) is 7. The van der Waals surface area contributed by atoms with Crippen LogP contribution in [0.1, 0.15) is 194 Å². The summed E-state index contributed by atoms with van der Waals surface area (Å²) in [5.41, 5.74) is 0. The maximum atomic E-state index is 12.7. The first-order valence-electron chi connectivity index (χ1n) is 22.1. The number of nitrogens with zero attached hydrogens (tertiary/aromatic N) is 1. The molecule has 2 atom stereocenters. The molecule has 0 spiro atoms. The quantitative estimate of drug-likeness (QED) is 0.0215. The smallest absolute Gasteiger partial charge is 0.462 e. The zero-order valence-electron chi connectivity index (χ0n) is 35.7. The van der Waals surface area contributed by atoms with Gasteiger partial charge in [0.05, 0.1) is 27.7 Å². The van der Waals surface area contributed by atoms with Crippen LogP contribution >= 0.6 is 7.82 Å². The summed E-state index contributed by atoms with van der Waals surface area (Å²) in [6.45, 7) is 4.37. The molecule has 0 fully saturated rings. The van der Waals surface area contributed by atoms with Gasteiger partial charge in [-0.3, -0.25) is 18.6 Å². The molecule has 1 unspecified atom stereocenters. The first-order chi connectivity index (χ1) is 26.0. The fourth-order valence-electron chi connectivity index (χ4n) is 5.97. The van der Waals surface area contributed by atoms with Crippen molar-refractivity contribution in [3.63, 3.8) is 0 Å². The number of rotatable bonds is 40. The van der Waals surface area contributed by atoms with Gasteiger partial charge in [-0.2, -0.15) is 0 Å². The lowest BCUT2D eigenvalue weighted by atomic mass is 10.1. The second-order valence-corrected chi connectivity index (χ2v) is 17.5. The molecule has 0 aromatic carbocycles. The lowest BCUT2D eigenvalue weighted by Crippen LogP contribution is -2.37. The third kappa shape index (κ3) is 40.2. The third-order valence-electron chi connectivity index (χ3n) is 9.47. The van der Waals surface area contributed by atoms with Crippen LogP contribution in [0.5, 0.6) is 0 Å². The maximum absolute atomic E-state index is 12.7. The Balaban J connectivity index is 4.41. The summed E-state index contributed by atoms with van der Waals surface area (Å²) in [6.07, 6.45) is 39.5. The highest BCUT2D eigenvalue weighted by Gasteiger charge is 2.27. The van der Waals surface area contributed by atoms with E-state index in [9.17, 15) is 19.0 Å². The second-order valence-electron chi connectivity index (χ2n) is 16.1. The van der Waals surface area contributed by atoms with Gasteiger partial charge in [-0.1, -0.05) is 154 Å². The number of phosphoric ester groups is 1. The number of esters is 2. The Bertz CT molecular complexity index is 980. The molecule has 0 radical (unpaired) electrons. The van der Waals surface area contributed by atoms with Gasteiger partial charge in [0, 0.05) is 12.8 Å². The Kier molecular flexibility index (Phi) is 36.1. The highest BCUT2D eigenvalue weighted by Crippen LogP contribution is 2.43. The zero-order chi connectivity index (χ0) is 40.0. The largest absolute Gasteiger partial charge is 0.472 e. The SMILES string of the molecule is CCCCCCCCCC/C=C/CCCCCC(=O)O[C@H](COC(=O)CC/C=C/CCCCCCCCCCCCC)COP(=O)(O)OCC[N+](C)(C)C. The molecule has 0 aliphatic heterocycles. The van der Waals surface area contributed by atoms with E-state index >= 15 is 0 Å². The average molecular weight is 787 g/mol. The van der Waals surface area contributed by atoms with E-state index in [2.05, 4.69) is 32.1 Å². The predicted molar refractivity (Wildman–Crippen MR) is 224 cm³/mol. The van der Waals surface area contributed by atoms with Gasteiger partial charge in [0.1, 0.15) is 19.8 Å². The van der Waals surface area contributed by atoms with Gasteiger partial charge < -0.3 is 18.9 Å². The molecule has 318 valence electrons. The van der Waals surface area contributed by atoms with E-state index < -0.39 is 32.5 Å². The van der Waals surface area contributed by atoms with Crippen molar-refractivity contribution >= 4 is 19.8 Å². The van der Waals surface area contributed by atoms with Crippen molar-refractivity contribution in [3.05, 3.63) is 24.3 Å². The number of likely N-dealkylation sites (N-methyl/N-ethyl adjacent to an activating group) is 1. The van der Waals surface area contributed by atoms with E-state index in [1.54, 1.807) is 0 Å². The van der Waals surface area contributed by atoms with Crippen LogP contribution in [-0.4, -0.2) is 74.9 Å². The number of carbonyl (C=O) groups excluding carboxylic acids is 2. The molecular weight excluding hydrogens is 701 g/mol. The molecule has 0 saturated carbocycles. The minimum absolute atomic E-state index is 0.0257. The molecule has 1 N–H and O–H groups in total. The van der Waals surface area contributed by atoms with Gasteiger partial charge in [0.2, 0.25) is 0 Å². The normalized spacial score (nSPS) is 13.8. The molecule has 0 aromatic rings. The zero-order valence-corrected chi connectivity index (χ0v) is 36.6. The fourth-order valence-corrected chi connectivity index (χ4v) is 6.71. The van der Waals surface area contributed by atoms with E-state index in [0.29, 0.717) is 23.9 Å². The standard InChI is InChI=1S/C44H84NO8P/c1-6-8-10-12-14-16-18-20-22-24-26-28-30-32-34-36-43(46)50-40-42(41-52-54(48,49)51-39-38-45(3,4)5)53-44(47)37-35-33-31-29-27-25-23-21-19-17-15-13-11-9-7-2/h25,27,30,32,42H,6-24,26,28-29,31,33-41H2,1-5H3/p+1/b27-25+,32-30+/t42-/m1/s1. The van der Waals surface area contributed by atoms with Crippen molar-refractivity contribution < 1.29 is 42.1 Å². The van der Waals surface area contributed by atoms with Gasteiger partial charge >= 0.3 is 19.8 Å². The average Bonchev–Trinajstić information content (AvgIpc) is 3.12.